The van der Waals surface area contributed by atoms with Gasteiger partial charge in [-0.15, -0.1) is 0 Å². The molecule has 3 N–H and O–H groups in total. The van der Waals surface area contributed by atoms with Crippen molar-refractivity contribution in [3.8, 4) is 0 Å². The summed E-state index contributed by atoms with van der Waals surface area (Å²) in [5, 5.41) is 33.0. The van der Waals surface area contributed by atoms with E-state index >= 15 is 0 Å². The van der Waals surface area contributed by atoms with Crippen molar-refractivity contribution in [2.24, 2.45) is 45.3 Å². The van der Waals surface area contributed by atoms with Gasteiger partial charge in [0.05, 0.1) is 18.3 Å². The SMILES string of the molecule is CC(C)=CC(O)C[C@@H](C)[C@H]1CC[C@@]2(C)C3[C@@H](O)C=C4C(CC[C@H](O)C4(C)C)[C@]3(C=O)CC[C@]12C. The largest absolute Gasteiger partial charge is 0.392 e. The van der Waals surface area contributed by atoms with Crippen LogP contribution in [0.1, 0.15) is 93.4 Å². The molecule has 3 saturated carbocycles. The Morgan fingerprint density at radius 3 is 2.35 bits per heavy atom. The van der Waals surface area contributed by atoms with Crippen LogP contribution in [0, 0.1) is 45.3 Å². The van der Waals surface area contributed by atoms with Gasteiger partial charge in [-0.1, -0.05) is 57.9 Å². The van der Waals surface area contributed by atoms with Gasteiger partial charge in [0.15, 0.2) is 0 Å². The number of aldehydes is 1. The molecule has 0 aromatic heterocycles. The molecule has 3 fully saturated rings. The van der Waals surface area contributed by atoms with Crippen molar-refractivity contribution in [2.45, 2.75) is 112 Å². The normalized spacial score (nSPS) is 46.9. The van der Waals surface area contributed by atoms with Crippen LogP contribution in [0.15, 0.2) is 23.3 Å². The molecule has 34 heavy (non-hydrogen) atoms. The average Bonchev–Trinajstić information content (AvgIpc) is 3.01. The number of carbonyl (C=O) groups excluding carboxylic acids is 1. The van der Waals surface area contributed by atoms with E-state index < -0.39 is 29.1 Å². The van der Waals surface area contributed by atoms with E-state index in [1.165, 1.54) is 6.29 Å². The minimum absolute atomic E-state index is 0.0182. The monoisotopic (exact) mass is 472 g/mol. The van der Waals surface area contributed by atoms with Crippen molar-refractivity contribution in [2.75, 3.05) is 0 Å². The minimum Gasteiger partial charge on any atom is -0.392 e. The maximum atomic E-state index is 13.1. The Morgan fingerprint density at radius 1 is 1.06 bits per heavy atom. The Kier molecular flexibility index (Phi) is 6.57. The number of carbonyl (C=O) groups is 1. The van der Waals surface area contributed by atoms with E-state index in [9.17, 15) is 20.1 Å². The van der Waals surface area contributed by atoms with E-state index in [0.717, 1.165) is 49.7 Å². The fourth-order valence-electron chi connectivity index (χ4n) is 9.55. The van der Waals surface area contributed by atoms with Gasteiger partial charge in [-0.3, -0.25) is 0 Å². The van der Waals surface area contributed by atoms with Crippen molar-refractivity contribution >= 4 is 6.29 Å². The molecule has 0 saturated heterocycles. The van der Waals surface area contributed by atoms with Crippen LogP contribution in [0.4, 0.5) is 0 Å². The Balaban J connectivity index is 1.72. The smallest absolute Gasteiger partial charge is 0.127 e. The molecule has 3 unspecified atom stereocenters. The van der Waals surface area contributed by atoms with Crippen LogP contribution in [0.5, 0.6) is 0 Å². The highest BCUT2D eigenvalue weighted by atomic mass is 16.3. The van der Waals surface area contributed by atoms with E-state index in [1.807, 2.05) is 26.0 Å². The van der Waals surface area contributed by atoms with Crippen molar-refractivity contribution in [3.63, 3.8) is 0 Å². The predicted octanol–water partition coefficient (Wildman–Crippen LogP) is 5.46. The quantitative estimate of drug-likeness (QED) is 0.367. The summed E-state index contributed by atoms with van der Waals surface area (Å²) in [6.07, 6.45) is 9.84. The number of hydrogen-bond acceptors (Lipinski definition) is 4. The second-order valence-electron chi connectivity index (χ2n) is 13.7. The molecule has 0 aromatic carbocycles. The third-order valence-electron chi connectivity index (χ3n) is 11.5. The summed E-state index contributed by atoms with van der Waals surface area (Å²) in [6.45, 7) is 15.2. The highest BCUT2D eigenvalue weighted by Gasteiger charge is 2.70. The molecular formula is C30H48O4. The molecular weight excluding hydrogens is 424 g/mol. The van der Waals surface area contributed by atoms with Crippen LogP contribution in [-0.4, -0.2) is 39.9 Å². The third kappa shape index (κ3) is 3.53. The first-order chi connectivity index (χ1) is 15.7. The number of rotatable bonds is 5. The molecule has 0 spiro atoms. The topological polar surface area (TPSA) is 77.8 Å². The molecule has 0 amide bonds. The molecule has 4 aliphatic rings. The third-order valence-corrected chi connectivity index (χ3v) is 11.5. The fraction of sp³-hybridized carbons (Fsp3) is 0.833. The van der Waals surface area contributed by atoms with Crippen LogP contribution in [0.3, 0.4) is 0 Å². The van der Waals surface area contributed by atoms with Crippen LogP contribution < -0.4 is 0 Å². The first-order valence-corrected chi connectivity index (χ1v) is 13.6. The maximum Gasteiger partial charge on any atom is 0.127 e. The zero-order valence-corrected chi connectivity index (χ0v) is 22.5. The zero-order chi connectivity index (χ0) is 25.3. The Bertz CT molecular complexity index is 869. The van der Waals surface area contributed by atoms with E-state index in [2.05, 4.69) is 34.6 Å². The van der Waals surface area contributed by atoms with E-state index in [-0.39, 0.29) is 22.7 Å². The van der Waals surface area contributed by atoms with Crippen LogP contribution in [-0.2, 0) is 4.79 Å². The van der Waals surface area contributed by atoms with Crippen molar-refractivity contribution in [3.05, 3.63) is 23.3 Å². The fourth-order valence-corrected chi connectivity index (χ4v) is 9.55. The lowest BCUT2D eigenvalue weighted by Gasteiger charge is -2.66. The molecule has 0 heterocycles. The number of allylic oxidation sites excluding steroid dienone is 1. The summed E-state index contributed by atoms with van der Waals surface area (Å²) in [7, 11) is 0. The van der Waals surface area contributed by atoms with Gasteiger partial charge in [-0.05, 0) is 87.4 Å². The number of aliphatic hydroxyl groups excluding tert-OH is 3. The number of fused-ring (bicyclic) bond motifs is 5. The van der Waals surface area contributed by atoms with Crippen LogP contribution in [0.25, 0.3) is 0 Å². The second kappa shape index (κ2) is 8.56. The zero-order valence-electron chi connectivity index (χ0n) is 22.5. The highest BCUT2D eigenvalue weighted by Crippen LogP contribution is 2.74. The standard InChI is InChI=1S/C30H48O4/c1-18(2)14-20(32)15-19(3)21-10-11-29(7)26-24(33)16-23-22(8-9-25(34)27(23,4)5)30(26,17-31)13-12-28(21,29)6/h14,16-17,19-22,24-26,32-34H,8-13,15H2,1-7H3/t19-,20?,21-,22?,24+,25+,26?,28-,29+,30-/m1/s1. The van der Waals surface area contributed by atoms with Gasteiger partial charge in [-0.25, -0.2) is 0 Å². The lowest BCUT2D eigenvalue weighted by Crippen LogP contribution is -2.64. The first kappa shape index (κ1) is 26.1. The number of hydrogen-bond donors (Lipinski definition) is 3. The Labute approximate surface area is 206 Å². The molecule has 4 aliphatic carbocycles. The summed E-state index contributed by atoms with van der Waals surface area (Å²) in [5.41, 5.74) is 1.14. The molecule has 0 bridgehead atoms. The molecule has 192 valence electrons. The van der Waals surface area contributed by atoms with E-state index in [4.69, 9.17) is 0 Å². The molecule has 10 atom stereocenters. The van der Waals surface area contributed by atoms with E-state index in [1.54, 1.807) is 0 Å². The van der Waals surface area contributed by atoms with Crippen molar-refractivity contribution in [1.29, 1.82) is 0 Å². The molecule has 4 heteroatoms. The minimum atomic E-state index is -0.670. The Hall–Kier alpha value is -0.970. The molecule has 4 nitrogen and oxygen atoms in total. The summed E-state index contributed by atoms with van der Waals surface area (Å²) in [4.78, 5) is 13.1. The maximum absolute atomic E-state index is 13.1. The molecule has 0 aromatic rings. The first-order valence-electron chi connectivity index (χ1n) is 13.6. The van der Waals surface area contributed by atoms with Crippen LogP contribution >= 0.6 is 0 Å². The van der Waals surface area contributed by atoms with Crippen LogP contribution in [0.2, 0.25) is 0 Å². The van der Waals surface area contributed by atoms with Gasteiger partial charge < -0.3 is 20.1 Å². The van der Waals surface area contributed by atoms with Gasteiger partial charge in [-0.2, -0.15) is 0 Å². The second-order valence-corrected chi connectivity index (χ2v) is 13.7. The summed E-state index contributed by atoms with van der Waals surface area (Å²) in [5.74, 6) is 0.839. The van der Waals surface area contributed by atoms with Gasteiger partial charge in [0.1, 0.15) is 6.29 Å². The molecule has 0 aliphatic heterocycles. The summed E-state index contributed by atoms with van der Waals surface area (Å²) < 4.78 is 0. The summed E-state index contributed by atoms with van der Waals surface area (Å²) >= 11 is 0. The van der Waals surface area contributed by atoms with Crippen molar-refractivity contribution < 1.29 is 20.1 Å². The molecule has 4 rings (SSSR count). The molecule has 0 radical (unpaired) electrons. The van der Waals surface area contributed by atoms with E-state index in [0.29, 0.717) is 18.3 Å². The van der Waals surface area contributed by atoms with Gasteiger partial charge in [0.25, 0.3) is 0 Å². The van der Waals surface area contributed by atoms with Gasteiger partial charge >= 0.3 is 0 Å². The van der Waals surface area contributed by atoms with Gasteiger partial charge in [0, 0.05) is 16.7 Å². The average molecular weight is 473 g/mol. The number of aliphatic hydroxyl groups is 3. The predicted molar refractivity (Wildman–Crippen MR) is 136 cm³/mol. The Morgan fingerprint density at radius 2 is 1.74 bits per heavy atom. The van der Waals surface area contributed by atoms with Gasteiger partial charge in [0.2, 0.25) is 0 Å². The lowest BCUT2D eigenvalue weighted by atomic mass is 9.38. The summed E-state index contributed by atoms with van der Waals surface area (Å²) in [6, 6.07) is 0. The van der Waals surface area contributed by atoms with Crippen molar-refractivity contribution in [1.82, 2.24) is 0 Å². The lowest BCUT2D eigenvalue weighted by molar-refractivity contribution is -0.183. The highest BCUT2D eigenvalue weighted by molar-refractivity contribution is 5.65.